The summed E-state index contributed by atoms with van der Waals surface area (Å²) in [5.74, 6) is 2.38. The zero-order valence-corrected chi connectivity index (χ0v) is 24.4. The molecule has 8 heteroatoms. The molecule has 0 aromatic rings. The Morgan fingerprint density at radius 1 is 1.00 bits per heavy atom. The lowest BCUT2D eigenvalue weighted by molar-refractivity contribution is -0.180. The van der Waals surface area contributed by atoms with Crippen LogP contribution in [0.15, 0.2) is 0 Å². The minimum absolute atomic E-state index is 0.00462. The summed E-state index contributed by atoms with van der Waals surface area (Å²) in [7, 11) is -3.69. The molecular formula is C26H52NO6P. The molecule has 202 valence electrons. The predicted molar refractivity (Wildman–Crippen MR) is 137 cm³/mol. The molecule has 0 aromatic heterocycles. The molecule has 8 unspecified atom stereocenters. The highest BCUT2D eigenvalue weighted by atomic mass is 31.2. The molecule has 0 spiro atoms. The molecular weight excluding hydrogens is 453 g/mol. The van der Waals surface area contributed by atoms with Gasteiger partial charge in [0.1, 0.15) is 5.60 Å². The van der Waals surface area contributed by atoms with Crippen LogP contribution >= 0.6 is 7.75 Å². The lowest BCUT2D eigenvalue weighted by Crippen LogP contribution is -2.46. The smallest absolute Gasteiger partial charge is 0.373 e. The average molecular weight is 506 g/mol. The molecule has 0 aromatic carbocycles. The first-order valence-corrected chi connectivity index (χ1v) is 14.9. The van der Waals surface area contributed by atoms with Crippen molar-refractivity contribution in [3.05, 3.63) is 0 Å². The third-order valence-electron chi connectivity index (χ3n) is 7.03. The van der Waals surface area contributed by atoms with Crippen LogP contribution in [0.1, 0.15) is 89.0 Å². The Bertz CT molecular complexity index is 684. The highest BCUT2D eigenvalue weighted by molar-refractivity contribution is 7.50. The number of ether oxygens (including phenoxy) is 3. The van der Waals surface area contributed by atoms with Crippen molar-refractivity contribution in [1.29, 1.82) is 0 Å². The lowest BCUT2D eigenvalue weighted by atomic mass is 9.73. The van der Waals surface area contributed by atoms with E-state index in [2.05, 4.69) is 55.4 Å². The number of nitrogens with zero attached hydrogens (tertiary/aromatic N) is 1. The zero-order chi connectivity index (χ0) is 26.0. The van der Waals surface area contributed by atoms with Gasteiger partial charge in [-0.05, 0) is 65.2 Å². The normalized spacial score (nSPS) is 38.0. The lowest BCUT2D eigenvalue weighted by Gasteiger charge is -2.38. The van der Waals surface area contributed by atoms with Crippen LogP contribution < -0.4 is 0 Å². The van der Waals surface area contributed by atoms with Crippen LogP contribution in [0.25, 0.3) is 0 Å². The minimum atomic E-state index is -3.69. The van der Waals surface area contributed by atoms with E-state index in [0.29, 0.717) is 42.9 Å². The van der Waals surface area contributed by atoms with Crippen molar-refractivity contribution in [1.82, 2.24) is 4.67 Å². The van der Waals surface area contributed by atoms with Crippen LogP contribution in [-0.4, -0.2) is 64.9 Å². The van der Waals surface area contributed by atoms with Crippen LogP contribution in [0.2, 0.25) is 0 Å². The van der Waals surface area contributed by atoms with Crippen LogP contribution in [0.4, 0.5) is 0 Å². The van der Waals surface area contributed by atoms with E-state index < -0.39 is 7.75 Å². The van der Waals surface area contributed by atoms with Crippen molar-refractivity contribution in [2.75, 3.05) is 13.1 Å². The molecule has 0 saturated carbocycles. The second-order valence-electron chi connectivity index (χ2n) is 12.1. The standard InChI is InChI=1S/C14H26O2.C12H26NO4P/c1-8(2)7-14-11(6)15-13(10(5)16-14)12(14)9(3)4;1-9(2)6-12-8-13(7-11(5)16-12)18(14,15)17-10(3)4/h8-13H,7H2,1-6H3;9-12H,6-8H2,1-5H3,(H,14,15). The molecule has 0 radical (unpaired) electrons. The zero-order valence-electron chi connectivity index (χ0n) is 23.5. The van der Waals surface area contributed by atoms with Crippen molar-refractivity contribution < 1.29 is 28.2 Å². The second kappa shape index (κ2) is 12.0. The van der Waals surface area contributed by atoms with Crippen LogP contribution in [0.3, 0.4) is 0 Å². The van der Waals surface area contributed by atoms with Gasteiger partial charge in [0.15, 0.2) is 0 Å². The quantitative estimate of drug-likeness (QED) is 0.412. The summed E-state index contributed by atoms with van der Waals surface area (Å²) in [5.41, 5.74) is -0.0214. The largest absolute Gasteiger partial charge is 0.406 e. The molecule has 3 rings (SSSR count). The number of morpholine rings is 1. The molecule has 0 aliphatic carbocycles. The van der Waals surface area contributed by atoms with Gasteiger partial charge in [-0.25, -0.2) is 9.24 Å². The van der Waals surface area contributed by atoms with Crippen molar-refractivity contribution in [3.63, 3.8) is 0 Å². The summed E-state index contributed by atoms with van der Waals surface area (Å²) in [5, 5.41) is 0. The van der Waals surface area contributed by atoms with Crippen LogP contribution in [0.5, 0.6) is 0 Å². The van der Waals surface area contributed by atoms with E-state index in [4.69, 9.17) is 18.7 Å². The van der Waals surface area contributed by atoms with E-state index in [1.807, 2.05) is 6.92 Å². The fraction of sp³-hybridized carbons (Fsp3) is 1.00. The van der Waals surface area contributed by atoms with E-state index in [1.54, 1.807) is 13.8 Å². The minimum Gasteiger partial charge on any atom is -0.373 e. The fourth-order valence-electron chi connectivity index (χ4n) is 6.13. The summed E-state index contributed by atoms with van der Waals surface area (Å²) in [6.07, 6.45) is 2.55. The highest BCUT2D eigenvalue weighted by Crippen LogP contribution is 2.54. The summed E-state index contributed by atoms with van der Waals surface area (Å²) in [4.78, 5) is 9.98. The predicted octanol–water partition coefficient (Wildman–Crippen LogP) is 5.90. The molecule has 3 saturated heterocycles. The Kier molecular flexibility index (Phi) is 10.7. The molecule has 3 heterocycles. The Balaban J connectivity index is 0.000000241. The molecule has 3 fully saturated rings. The van der Waals surface area contributed by atoms with Crippen LogP contribution in [0, 0.1) is 23.7 Å². The van der Waals surface area contributed by atoms with Crippen molar-refractivity contribution in [3.8, 4) is 0 Å². The van der Waals surface area contributed by atoms with Gasteiger partial charge >= 0.3 is 7.75 Å². The van der Waals surface area contributed by atoms with Gasteiger partial charge in [0, 0.05) is 19.0 Å². The van der Waals surface area contributed by atoms with Crippen molar-refractivity contribution in [2.24, 2.45) is 23.7 Å². The third-order valence-corrected chi connectivity index (χ3v) is 8.77. The Morgan fingerprint density at radius 2 is 1.62 bits per heavy atom. The van der Waals surface area contributed by atoms with Gasteiger partial charge in [0.2, 0.25) is 0 Å². The maximum atomic E-state index is 12.2. The molecule has 0 amide bonds. The van der Waals surface area contributed by atoms with Gasteiger partial charge in [0.05, 0.1) is 36.6 Å². The van der Waals surface area contributed by atoms with Gasteiger partial charge in [0.25, 0.3) is 0 Å². The average Bonchev–Trinajstić information content (AvgIpc) is 3.06. The second-order valence-corrected chi connectivity index (χ2v) is 13.9. The monoisotopic (exact) mass is 505 g/mol. The molecule has 2 bridgehead atoms. The molecule has 3 aliphatic heterocycles. The summed E-state index contributed by atoms with van der Waals surface area (Å²) < 4.78 is 37.1. The number of hydrogen-bond acceptors (Lipinski definition) is 5. The summed E-state index contributed by atoms with van der Waals surface area (Å²) >= 11 is 0. The van der Waals surface area contributed by atoms with Gasteiger partial charge in [-0.1, -0.05) is 41.5 Å². The highest BCUT2D eigenvalue weighted by Gasteiger charge is 2.64. The molecule has 34 heavy (non-hydrogen) atoms. The Hall–Kier alpha value is -0.0100. The maximum absolute atomic E-state index is 12.2. The van der Waals surface area contributed by atoms with E-state index in [1.165, 1.54) is 4.67 Å². The third kappa shape index (κ3) is 7.27. The molecule has 1 N–H and O–H groups in total. The Morgan fingerprint density at radius 3 is 2.12 bits per heavy atom. The maximum Gasteiger partial charge on any atom is 0.406 e. The molecule has 3 aliphatic rings. The number of fused-ring (bicyclic) bond motifs is 2. The number of hydrogen-bond donors (Lipinski definition) is 1. The first-order valence-electron chi connectivity index (χ1n) is 13.3. The van der Waals surface area contributed by atoms with Gasteiger partial charge in [-0.2, -0.15) is 0 Å². The van der Waals surface area contributed by atoms with E-state index in [9.17, 15) is 9.46 Å². The van der Waals surface area contributed by atoms with Crippen LogP contribution in [-0.2, 0) is 23.3 Å². The molecule has 7 nitrogen and oxygen atoms in total. The first kappa shape index (κ1) is 30.2. The molecule has 8 atom stereocenters. The summed E-state index contributed by atoms with van der Waals surface area (Å²) in [6.45, 7) is 24.1. The van der Waals surface area contributed by atoms with E-state index >= 15 is 0 Å². The van der Waals surface area contributed by atoms with Gasteiger partial charge in [-0.3, -0.25) is 4.52 Å². The van der Waals surface area contributed by atoms with Crippen molar-refractivity contribution >= 4 is 7.75 Å². The fourth-order valence-corrected chi connectivity index (χ4v) is 7.64. The Labute approximate surface area is 208 Å². The first-order chi connectivity index (χ1) is 15.6. The van der Waals surface area contributed by atoms with Gasteiger partial charge in [-0.15, -0.1) is 0 Å². The number of rotatable bonds is 8. The van der Waals surface area contributed by atoms with Gasteiger partial charge < -0.3 is 19.1 Å². The SMILES string of the molecule is CC(C)CC12OC(C)C(OC1C)C2C(C)C.CC(C)CC1CN(P(=O)(O)OC(C)C)CC(C)O1. The topological polar surface area (TPSA) is 77.5 Å². The van der Waals surface area contributed by atoms with Crippen molar-refractivity contribution in [2.45, 2.75) is 131 Å². The van der Waals surface area contributed by atoms with E-state index in [0.717, 1.165) is 12.8 Å². The van der Waals surface area contributed by atoms with E-state index in [-0.39, 0.29) is 36.1 Å². The summed E-state index contributed by atoms with van der Waals surface area (Å²) in [6, 6.07) is 0.